The van der Waals surface area contributed by atoms with Gasteiger partial charge in [0.2, 0.25) is 6.79 Å². The normalized spacial score (nSPS) is 12.6. The molecule has 0 aliphatic carbocycles. The Balaban J connectivity index is 1.86. The average Bonchev–Trinajstić information content (AvgIpc) is 2.99. The molecule has 1 aliphatic rings. The van der Waals surface area contributed by atoms with Crippen LogP contribution in [0, 0.1) is 10.1 Å². The van der Waals surface area contributed by atoms with Crippen LogP contribution in [0.15, 0.2) is 40.9 Å². The molecule has 0 bridgehead atoms. The molecular weight excluding hydrogens is 402 g/mol. The van der Waals surface area contributed by atoms with Crippen LogP contribution in [0.25, 0.3) is 6.08 Å². The van der Waals surface area contributed by atoms with Crippen molar-refractivity contribution in [2.75, 3.05) is 6.79 Å². The fourth-order valence-corrected chi connectivity index (χ4v) is 2.77. The zero-order valence-electron chi connectivity index (χ0n) is 12.0. The molecule has 0 fully saturated rings. The SMILES string of the molecule is O=C(/C=C/c1cc2c(cc1Br)OCO2)c1ccc(Cl)c([N+](=O)[O-])c1. The summed E-state index contributed by atoms with van der Waals surface area (Å²) in [6.45, 7) is 0.155. The van der Waals surface area contributed by atoms with Crippen molar-refractivity contribution in [3.8, 4) is 11.5 Å². The first kappa shape index (κ1) is 16.5. The topological polar surface area (TPSA) is 78.7 Å². The molecule has 0 unspecified atom stereocenters. The maximum absolute atomic E-state index is 12.2. The summed E-state index contributed by atoms with van der Waals surface area (Å²) in [5.74, 6) is 0.838. The van der Waals surface area contributed by atoms with E-state index in [1.165, 1.54) is 18.2 Å². The lowest BCUT2D eigenvalue weighted by atomic mass is 10.1. The molecule has 1 aliphatic heterocycles. The molecule has 24 heavy (non-hydrogen) atoms. The lowest BCUT2D eigenvalue weighted by Gasteiger charge is -2.02. The summed E-state index contributed by atoms with van der Waals surface area (Å²) in [6.07, 6.45) is 2.92. The quantitative estimate of drug-likeness (QED) is 0.318. The highest BCUT2D eigenvalue weighted by Crippen LogP contribution is 2.37. The summed E-state index contributed by atoms with van der Waals surface area (Å²) in [4.78, 5) is 22.5. The van der Waals surface area contributed by atoms with Crippen LogP contribution < -0.4 is 9.47 Å². The second kappa shape index (κ2) is 6.62. The van der Waals surface area contributed by atoms with Crippen LogP contribution in [0.5, 0.6) is 11.5 Å². The summed E-state index contributed by atoms with van der Waals surface area (Å²) >= 11 is 9.13. The zero-order valence-corrected chi connectivity index (χ0v) is 14.3. The van der Waals surface area contributed by atoms with E-state index in [2.05, 4.69) is 15.9 Å². The molecule has 2 aromatic carbocycles. The van der Waals surface area contributed by atoms with Gasteiger partial charge in [-0.2, -0.15) is 0 Å². The van der Waals surface area contributed by atoms with Gasteiger partial charge < -0.3 is 9.47 Å². The highest BCUT2D eigenvalue weighted by atomic mass is 79.9. The number of nitrogens with zero attached hydrogens (tertiary/aromatic N) is 1. The molecule has 0 radical (unpaired) electrons. The first-order valence-electron chi connectivity index (χ1n) is 6.71. The molecule has 0 saturated heterocycles. The van der Waals surface area contributed by atoms with Crippen molar-refractivity contribution >= 4 is 45.1 Å². The van der Waals surface area contributed by atoms with E-state index in [-0.39, 0.29) is 28.8 Å². The van der Waals surface area contributed by atoms with Crippen molar-refractivity contribution < 1.29 is 19.2 Å². The number of rotatable bonds is 4. The molecule has 122 valence electrons. The van der Waals surface area contributed by atoms with Crippen molar-refractivity contribution in [1.29, 1.82) is 0 Å². The Hall–Kier alpha value is -2.38. The van der Waals surface area contributed by atoms with Gasteiger partial charge in [-0.05, 0) is 42.0 Å². The molecule has 2 aromatic rings. The Kier molecular flexibility index (Phi) is 4.55. The van der Waals surface area contributed by atoms with E-state index in [1.54, 1.807) is 18.2 Å². The number of nitro benzene ring substituents is 1. The third-order valence-electron chi connectivity index (χ3n) is 3.33. The van der Waals surface area contributed by atoms with Crippen LogP contribution in [0.3, 0.4) is 0 Å². The smallest absolute Gasteiger partial charge is 0.288 e. The van der Waals surface area contributed by atoms with E-state index >= 15 is 0 Å². The van der Waals surface area contributed by atoms with E-state index in [1.807, 2.05) is 0 Å². The van der Waals surface area contributed by atoms with Gasteiger partial charge in [0.25, 0.3) is 5.69 Å². The number of fused-ring (bicyclic) bond motifs is 1. The number of halogens is 2. The molecule has 0 atom stereocenters. The van der Waals surface area contributed by atoms with Gasteiger partial charge in [-0.1, -0.05) is 27.5 Å². The number of allylic oxidation sites excluding steroid dienone is 1. The Morgan fingerprint density at radius 3 is 2.67 bits per heavy atom. The highest BCUT2D eigenvalue weighted by Gasteiger charge is 2.17. The number of hydrogen-bond acceptors (Lipinski definition) is 5. The molecule has 8 heteroatoms. The van der Waals surface area contributed by atoms with E-state index in [0.29, 0.717) is 11.5 Å². The predicted octanol–water partition coefficient (Wildman–Crippen LogP) is 4.64. The van der Waals surface area contributed by atoms with Crippen molar-refractivity contribution in [2.45, 2.75) is 0 Å². The van der Waals surface area contributed by atoms with Gasteiger partial charge >= 0.3 is 0 Å². The number of benzene rings is 2. The summed E-state index contributed by atoms with van der Waals surface area (Å²) in [6, 6.07) is 7.41. The largest absolute Gasteiger partial charge is 0.454 e. The Morgan fingerprint density at radius 2 is 1.96 bits per heavy atom. The van der Waals surface area contributed by atoms with Gasteiger partial charge in [-0.15, -0.1) is 0 Å². The molecule has 0 spiro atoms. The summed E-state index contributed by atoms with van der Waals surface area (Å²) in [5, 5.41) is 10.9. The minimum atomic E-state index is -0.628. The summed E-state index contributed by atoms with van der Waals surface area (Å²) in [5.41, 5.74) is 0.593. The molecule has 6 nitrogen and oxygen atoms in total. The minimum Gasteiger partial charge on any atom is -0.454 e. The van der Waals surface area contributed by atoms with Crippen LogP contribution in [-0.4, -0.2) is 17.5 Å². The lowest BCUT2D eigenvalue weighted by Crippen LogP contribution is -1.97. The van der Waals surface area contributed by atoms with E-state index < -0.39 is 4.92 Å². The summed E-state index contributed by atoms with van der Waals surface area (Å²) < 4.78 is 11.3. The van der Waals surface area contributed by atoms with Gasteiger partial charge in [-0.25, -0.2) is 0 Å². The Labute approximate surface area is 149 Å². The van der Waals surface area contributed by atoms with Crippen LogP contribution in [0.4, 0.5) is 5.69 Å². The Bertz CT molecular complexity index is 881. The van der Waals surface area contributed by atoms with Crippen LogP contribution >= 0.6 is 27.5 Å². The van der Waals surface area contributed by atoms with Gasteiger partial charge in [0.05, 0.1) is 4.92 Å². The molecule has 1 heterocycles. The monoisotopic (exact) mass is 409 g/mol. The van der Waals surface area contributed by atoms with Gasteiger partial charge in [0.1, 0.15) is 5.02 Å². The fraction of sp³-hybridized carbons (Fsp3) is 0.0625. The Morgan fingerprint density at radius 1 is 1.25 bits per heavy atom. The van der Waals surface area contributed by atoms with E-state index in [0.717, 1.165) is 16.1 Å². The van der Waals surface area contributed by atoms with E-state index in [4.69, 9.17) is 21.1 Å². The average molecular weight is 411 g/mol. The maximum atomic E-state index is 12.2. The van der Waals surface area contributed by atoms with Crippen molar-refractivity contribution in [1.82, 2.24) is 0 Å². The molecule has 0 N–H and O–H groups in total. The highest BCUT2D eigenvalue weighted by molar-refractivity contribution is 9.10. The predicted molar refractivity (Wildman–Crippen MR) is 91.7 cm³/mol. The standard InChI is InChI=1S/C16H9BrClNO5/c17-11-7-16-15(23-8-24-16)6-9(11)2-4-14(20)10-1-3-12(18)13(5-10)19(21)22/h1-7H,8H2/b4-2+. The first-order chi connectivity index (χ1) is 11.5. The van der Waals surface area contributed by atoms with Gasteiger partial charge in [-0.3, -0.25) is 14.9 Å². The van der Waals surface area contributed by atoms with Crippen molar-refractivity contribution in [3.05, 3.63) is 67.1 Å². The van der Waals surface area contributed by atoms with Crippen molar-refractivity contribution in [3.63, 3.8) is 0 Å². The first-order valence-corrected chi connectivity index (χ1v) is 7.88. The van der Waals surface area contributed by atoms with Gasteiger partial charge in [0.15, 0.2) is 17.3 Å². The lowest BCUT2D eigenvalue weighted by molar-refractivity contribution is -0.384. The number of nitro groups is 1. The minimum absolute atomic E-state index is 0.0148. The van der Waals surface area contributed by atoms with E-state index in [9.17, 15) is 14.9 Å². The van der Waals surface area contributed by atoms with Crippen molar-refractivity contribution in [2.24, 2.45) is 0 Å². The van der Waals surface area contributed by atoms with Gasteiger partial charge in [0, 0.05) is 16.1 Å². The number of carbonyl (C=O) groups is 1. The molecule has 0 aromatic heterocycles. The molecule has 3 rings (SSSR count). The van der Waals surface area contributed by atoms with Crippen LogP contribution in [0.1, 0.15) is 15.9 Å². The fourth-order valence-electron chi connectivity index (χ4n) is 2.13. The number of carbonyl (C=O) groups excluding carboxylic acids is 1. The summed E-state index contributed by atoms with van der Waals surface area (Å²) in [7, 11) is 0. The second-order valence-corrected chi connectivity index (χ2v) is 6.11. The third-order valence-corrected chi connectivity index (χ3v) is 4.34. The molecule has 0 amide bonds. The van der Waals surface area contributed by atoms with Crippen LogP contribution in [0.2, 0.25) is 5.02 Å². The number of ketones is 1. The number of hydrogen-bond donors (Lipinski definition) is 0. The number of ether oxygens (including phenoxy) is 2. The van der Waals surface area contributed by atoms with Crippen LogP contribution in [-0.2, 0) is 0 Å². The second-order valence-electron chi connectivity index (χ2n) is 4.85. The molecular formula is C16H9BrClNO5. The maximum Gasteiger partial charge on any atom is 0.288 e. The zero-order chi connectivity index (χ0) is 17.3. The third kappa shape index (κ3) is 3.27. The molecule has 0 saturated carbocycles.